The Bertz CT molecular complexity index is 553. The molecule has 3 atom stereocenters. The average Bonchev–Trinajstić information content (AvgIpc) is 3.27. The molecule has 1 saturated heterocycles. The van der Waals surface area contributed by atoms with Gasteiger partial charge in [0.15, 0.2) is 5.76 Å². The molecule has 6 heteroatoms. The summed E-state index contributed by atoms with van der Waals surface area (Å²) in [7, 11) is 0. The lowest BCUT2D eigenvalue weighted by molar-refractivity contribution is -0.168. The summed E-state index contributed by atoms with van der Waals surface area (Å²) in [5.41, 5.74) is 1.18. The van der Waals surface area contributed by atoms with Crippen molar-refractivity contribution in [2.75, 3.05) is 26.3 Å². The first-order chi connectivity index (χ1) is 11.2. The van der Waals surface area contributed by atoms with E-state index in [2.05, 4.69) is 11.4 Å². The molecule has 1 aromatic heterocycles. The van der Waals surface area contributed by atoms with Gasteiger partial charge in [-0.2, -0.15) is 11.3 Å². The molecular formula is C17H23NO4S. The Morgan fingerprint density at radius 1 is 1.52 bits per heavy atom. The minimum atomic E-state index is -0.444. The van der Waals surface area contributed by atoms with Gasteiger partial charge in [0.1, 0.15) is 0 Å². The standard InChI is InChI=1S/C17H23NO4S/c1-2-21-17-13(4-3-8-19)14(12-5-9-23-11-12)10-15(22-17)16(20)18-6-7-18/h5,9-11,13-14,17,19H,2-4,6-8H2,1H3/t13-,14+,17+/m1/s1. The van der Waals surface area contributed by atoms with Gasteiger partial charge in [0, 0.05) is 38.1 Å². The number of hydrogen-bond acceptors (Lipinski definition) is 5. The zero-order chi connectivity index (χ0) is 16.2. The molecular weight excluding hydrogens is 314 g/mol. The van der Waals surface area contributed by atoms with Crippen molar-refractivity contribution in [3.63, 3.8) is 0 Å². The van der Waals surface area contributed by atoms with Crippen molar-refractivity contribution in [3.05, 3.63) is 34.2 Å². The Hall–Kier alpha value is -1.37. The molecule has 3 heterocycles. The van der Waals surface area contributed by atoms with Crippen molar-refractivity contribution >= 4 is 17.2 Å². The van der Waals surface area contributed by atoms with Crippen molar-refractivity contribution in [2.45, 2.75) is 32.0 Å². The lowest BCUT2D eigenvalue weighted by Gasteiger charge is -2.36. The highest BCUT2D eigenvalue weighted by molar-refractivity contribution is 7.08. The van der Waals surface area contributed by atoms with E-state index in [1.165, 1.54) is 5.56 Å². The van der Waals surface area contributed by atoms with E-state index in [0.717, 1.165) is 19.5 Å². The molecule has 0 radical (unpaired) electrons. The van der Waals surface area contributed by atoms with Crippen LogP contribution >= 0.6 is 11.3 Å². The van der Waals surface area contributed by atoms with Crippen molar-refractivity contribution < 1.29 is 19.4 Å². The normalized spacial score (nSPS) is 26.6. The molecule has 0 bridgehead atoms. The van der Waals surface area contributed by atoms with Gasteiger partial charge in [-0.05, 0) is 48.2 Å². The molecule has 1 amide bonds. The van der Waals surface area contributed by atoms with Crippen LogP contribution in [0.5, 0.6) is 0 Å². The fraction of sp³-hybridized carbons (Fsp3) is 0.588. The third-order valence-corrected chi connectivity index (χ3v) is 4.99. The van der Waals surface area contributed by atoms with Gasteiger partial charge < -0.3 is 19.5 Å². The van der Waals surface area contributed by atoms with Crippen LogP contribution in [0.2, 0.25) is 0 Å². The molecule has 5 nitrogen and oxygen atoms in total. The highest BCUT2D eigenvalue weighted by Crippen LogP contribution is 2.40. The van der Waals surface area contributed by atoms with E-state index in [-0.39, 0.29) is 24.3 Å². The van der Waals surface area contributed by atoms with E-state index >= 15 is 0 Å². The molecule has 23 heavy (non-hydrogen) atoms. The summed E-state index contributed by atoms with van der Waals surface area (Å²) in [6.07, 6.45) is 2.99. The molecule has 2 aliphatic rings. The van der Waals surface area contributed by atoms with Crippen LogP contribution in [0.1, 0.15) is 31.2 Å². The smallest absolute Gasteiger partial charge is 0.288 e. The second kappa shape index (κ2) is 7.47. The topological polar surface area (TPSA) is 58.8 Å². The minimum absolute atomic E-state index is 0.0458. The number of rotatable bonds is 7. The first-order valence-corrected chi connectivity index (χ1v) is 9.11. The molecule has 0 unspecified atom stereocenters. The van der Waals surface area contributed by atoms with Gasteiger partial charge in [-0.15, -0.1) is 0 Å². The first-order valence-electron chi connectivity index (χ1n) is 8.17. The average molecular weight is 337 g/mol. The van der Waals surface area contributed by atoms with E-state index in [1.807, 2.05) is 18.4 Å². The summed E-state index contributed by atoms with van der Waals surface area (Å²) in [5, 5.41) is 13.4. The molecule has 3 rings (SSSR count). The molecule has 0 spiro atoms. The van der Waals surface area contributed by atoms with E-state index < -0.39 is 6.29 Å². The van der Waals surface area contributed by atoms with E-state index in [1.54, 1.807) is 16.2 Å². The second-order valence-electron chi connectivity index (χ2n) is 5.88. The number of aliphatic hydroxyl groups is 1. The lowest BCUT2D eigenvalue weighted by Crippen LogP contribution is -2.37. The molecule has 126 valence electrons. The molecule has 0 aliphatic carbocycles. The number of thiophene rings is 1. The minimum Gasteiger partial charge on any atom is -0.459 e. The van der Waals surface area contributed by atoms with Crippen molar-refractivity contribution in [2.24, 2.45) is 5.92 Å². The number of carbonyl (C=O) groups excluding carboxylic acids is 1. The van der Waals surface area contributed by atoms with Crippen LogP contribution in [0, 0.1) is 5.92 Å². The Balaban J connectivity index is 1.89. The highest BCUT2D eigenvalue weighted by atomic mass is 32.1. The Morgan fingerprint density at radius 2 is 2.35 bits per heavy atom. The SMILES string of the molecule is CCO[C@H]1OC(C(=O)N2CC2)=C[C@@H](c2ccsc2)[C@H]1CCCO. The molecule has 1 N–H and O–H groups in total. The number of allylic oxidation sites excluding steroid dienone is 1. The zero-order valence-electron chi connectivity index (χ0n) is 13.3. The molecule has 0 aromatic carbocycles. The predicted octanol–water partition coefficient (Wildman–Crippen LogP) is 2.34. The van der Waals surface area contributed by atoms with Crippen LogP contribution in [-0.2, 0) is 14.3 Å². The Kier molecular flexibility index (Phi) is 5.35. The molecule has 1 fully saturated rings. The highest BCUT2D eigenvalue weighted by Gasteiger charge is 2.40. The predicted molar refractivity (Wildman–Crippen MR) is 88.0 cm³/mol. The maximum absolute atomic E-state index is 12.4. The number of carbonyl (C=O) groups is 1. The number of hydrogen-bond donors (Lipinski definition) is 1. The van der Waals surface area contributed by atoms with Crippen molar-refractivity contribution in [1.29, 1.82) is 0 Å². The van der Waals surface area contributed by atoms with Gasteiger partial charge in [-0.25, -0.2) is 0 Å². The summed E-state index contributed by atoms with van der Waals surface area (Å²) >= 11 is 1.65. The Labute approximate surface area is 140 Å². The maximum atomic E-state index is 12.4. The summed E-state index contributed by atoms with van der Waals surface area (Å²) < 4.78 is 11.7. The van der Waals surface area contributed by atoms with Gasteiger partial charge in [0.25, 0.3) is 5.91 Å². The number of nitrogens with zero attached hydrogens (tertiary/aromatic N) is 1. The molecule has 1 aromatic rings. The quantitative estimate of drug-likeness (QED) is 0.776. The summed E-state index contributed by atoms with van der Waals surface area (Å²) in [5.74, 6) is 0.535. The fourth-order valence-corrected chi connectivity index (χ4v) is 3.72. The van der Waals surface area contributed by atoms with Crippen LogP contribution < -0.4 is 0 Å². The van der Waals surface area contributed by atoms with Crippen LogP contribution in [0.15, 0.2) is 28.7 Å². The lowest BCUT2D eigenvalue weighted by atomic mass is 9.81. The van der Waals surface area contributed by atoms with Crippen LogP contribution in [0.4, 0.5) is 0 Å². The molecule has 2 aliphatic heterocycles. The summed E-state index contributed by atoms with van der Waals surface area (Å²) in [4.78, 5) is 14.1. The number of amides is 1. The van der Waals surface area contributed by atoms with E-state index in [4.69, 9.17) is 9.47 Å². The van der Waals surface area contributed by atoms with Gasteiger partial charge in [-0.1, -0.05) is 0 Å². The van der Waals surface area contributed by atoms with Crippen LogP contribution in [0.25, 0.3) is 0 Å². The van der Waals surface area contributed by atoms with Crippen molar-refractivity contribution in [3.8, 4) is 0 Å². The zero-order valence-corrected chi connectivity index (χ0v) is 14.1. The van der Waals surface area contributed by atoms with Gasteiger partial charge in [0.05, 0.1) is 0 Å². The van der Waals surface area contributed by atoms with Crippen LogP contribution in [0.3, 0.4) is 0 Å². The summed E-state index contributed by atoms with van der Waals surface area (Å²) in [6, 6.07) is 2.09. The van der Waals surface area contributed by atoms with Crippen molar-refractivity contribution in [1.82, 2.24) is 4.90 Å². The fourth-order valence-electron chi connectivity index (χ4n) is 3.01. The van der Waals surface area contributed by atoms with E-state index in [0.29, 0.717) is 18.8 Å². The first kappa shape index (κ1) is 16.5. The van der Waals surface area contributed by atoms with Gasteiger partial charge >= 0.3 is 0 Å². The Morgan fingerprint density at radius 3 is 2.96 bits per heavy atom. The third-order valence-electron chi connectivity index (χ3n) is 4.28. The van der Waals surface area contributed by atoms with E-state index in [9.17, 15) is 9.90 Å². The van der Waals surface area contributed by atoms with Gasteiger partial charge in [-0.3, -0.25) is 4.79 Å². The number of aliphatic hydroxyl groups excluding tert-OH is 1. The molecule has 0 saturated carbocycles. The summed E-state index contributed by atoms with van der Waals surface area (Å²) in [6.45, 7) is 4.21. The maximum Gasteiger partial charge on any atom is 0.288 e. The third kappa shape index (κ3) is 3.76. The largest absolute Gasteiger partial charge is 0.459 e. The van der Waals surface area contributed by atoms with Gasteiger partial charge in [0.2, 0.25) is 6.29 Å². The number of ether oxygens (including phenoxy) is 2. The monoisotopic (exact) mass is 337 g/mol. The second-order valence-corrected chi connectivity index (χ2v) is 6.66. The van der Waals surface area contributed by atoms with Crippen LogP contribution in [-0.4, -0.2) is 48.5 Å².